The molecule has 1 aromatic rings. The number of aromatic nitrogens is 2. The van der Waals surface area contributed by atoms with E-state index in [4.69, 9.17) is 0 Å². The van der Waals surface area contributed by atoms with Crippen LogP contribution in [0.3, 0.4) is 0 Å². The third-order valence-corrected chi connectivity index (χ3v) is 3.12. The molecule has 2 aliphatic rings. The van der Waals surface area contributed by atoms with Crippen LogP contribution in [-0.2, 0) is 4.79 Å². The molecule has 0 saturated heterocycles. The average Bonchev–Trinajstić information content (AvgIpc) is 2.93. The molecule has 2 heterocycles. The standard InChI is InChI=1S/C11H15N5O/c1-5-8(6(2)16-15-5)9-10(17)14-11(13-9)12-7-3-4-7/h7,9H,3-4H2,1-2H3,(H,15,16)(H2,12,13,14,17). The highest BCUT2D eigenvalue weighted by Crippen LogP contribution is 2.26. The maximum absolute atomic E-state index is 11.9. The van der Waals surface area contributed by atoms with Gasteiger partial charge < -0.3 is 5.32 Å². The number of hydrogen-bond donors (Lipinski definition) is 3. The minimum absolute atomic E-state index is 0.0826. The predicted octanol–water partition coefficient (Wildman–Crippen LogP) is 0.305. The average molecular weight is 233 g/mol. The molecule has 1 atom stereocenters. The van der Waals surface area contributed by atoms with Gasteiger partial charge in [0.05, 0.1) is 5.69 Å². The van der Waals surface area contributed by atoms with E-state index < -0.39 is 6.04 Å². The number of H-pyrrole nitrogens is 1. The fourth-order valence-electron chi connectivity index (χ4n) is 2.06. The van der Waals surface area contributed by atoms with Gasteiger partial charge in [0.1, 0.15) is 0 Å². The number of aromatic amines is 1. The molecule has 1 unspecified atom stereocenters. The number of carbonyl (C=O) groups excluding carboxylic acids is 1. The molecular weight excluding hydrogens is 218 g/mol. The largest absolute Gasteiger partial charge is 0.353 e. The van der Waals surface area contributed by atoms with Crippen molar-refractivity contribution in [1.29, 1.82) is 0 Å². The van der Waals surface area contributed by atoms with Crippen molar-refractivity contribution in [3.05, 3.63) is 17.0 Å². The molecule has 1 fully saturated rings. The lowest BCUT2D eigenvalue weighted by molar-refractivity contribution is -0.120. The molecule has 90 valence electrons. The Morgan fingerprint density at radius 3 is 2.71 bits per heavy atom. The Morgan fingerprint density at radius 2 is 2.12 bits per heavy atom. The van der Waals surface area contributed by atoms with Crippen LogP contribution < -0.4 is 10.6 Å². The van der Waals surface area contributed by atoms with E-state index in [1.807, 2.05) is 13.8 Å². The molecule has 0 aromatic carbocycles. The van der Waals surface area contributed by atoms with Crippen LogP contribution in [0.5, 0.6) is 0 Å². The summed E-state index contributed by atoms with van der Waals surface area (Å²) in [5, 5.41) is 13.0. The minimum Gasteiger partial charge on any atom is -0.353 e. The molecule has 0 bridgehead atoms. The summed E-state index contributed by atoms with van der Waals surface area (Å²) in [5.41, 5.74) is 2.62. The number of rotatable bonds is 2. The Hall–Kier alpha value is -1.85. The van der Waals surface area contributed by atoms with Gasteiger partial charge in [-0.25, -0.2) is 4.99 Å². The molecule has 1 aliphatic carbocycles. The summed E-state index contributed by atoms with van der Waals surface area (Å²) in [6, 6.07) is 0.0225. The van der Waals surface area contributed by atoms with E-state index in [0.717, 1.165) is 29.8 Å². The van der Waals surface area contributed by atoms with Gasteiger partial charge in [-0.05, 0) is 26.7 Å². The van der Waals surface area contributed by atoms with Crippen LogP contribution in [0, 0.1) is 13.8 Å². The van der Waals surface area contributed by atoms with Crippen LogP contribution in [-0.4, -0.2) is 28.1 Å². The van der Waals surface area contributed by atoms with E-state index in [2.05, 4.69) is 25.8 Å². The summed E-state index contributed by atoms with van der Waals surface area (Å²) >= 11 is 0. The molecule has 1 saturated carbocycles. The van der Waals surface area contributed by atoms with Crippen LogP contribution in [0.1, 0.15) is 35.8 Å². The van der Waals surface area contributed by atoms with E-state index in [-0.39, 0.29) is 5.91 Å². The number of amides is 1. The van der Waals surface area contributed by atoms with Crippen molar-refractivity contribution in [2.75, 3.05) is 0 Å². The van der Waals surface area contributed by atoms with Crippen LogP contribution in [0.2, 0.25) is 0 Å². The maximum Gasteiger partial charge on any atom is 0.256 e. The first kappa shape index (κ1) is 10.3. The highest BCUT2D eigenvalue weighted by atomic mass is 16.2. The zero-order valence-corrected chi connectivity index (χ0v) is 9.87. The van der Waals surface area contributed by atoms with Crippen molar-refractivity contribution in [2.24, 2.45) is 4.99 Å². The molecule has 1 aliphatic heterocycles. The second-order valence-corrected chi connectivity index (χ2v) is 4.64. The van der Waals surface area contributed by atoms with Gasteiger partial charge in [-0.15, -0.1) is 0 Å². The van der Waals surface area contributed by atoms with Crippen molar-refractivity contribution in [3.63, 3.8) is 0 Å². The molecule has 3 rings (SSSR count). The number of nitrogens with zero attached hydrogens (tertiary/aromatic N) is 2. The Labute approximate surface area is 98.9 Å². The molecule has 0 radical (unpaired) electrons. The molecule has 3 N–H and O–H groups in total. The summed E-state index contributed by atoms with van der Waals surface area (Å²) < 4.78 is 0. The van der Waals surface area contributed by atoms with Crippen molar-refractivity contribution in [3.8, 4) is 0 Å². The lowest BCUT2D eigenvalue weighted by Gasteiger charge is -2.03. The van der Waals surface area contributed by atoms with Crippen LogP contribution >= 0.6 is 0 Å². The van der Waals surface area contributed by atoms with Crippen LogP contribution in [0.25, 0.3) is 0 Å². The van der Waals surface area contributed by atoms with Gasteiger partial charge in [-0.3, -0.25) is 15.2 Å². The Balaban J connectivity index is 1.87. The number of guanidine groups is 1. The minimum atomic E-state index is -0.463. The Kier molecular flexibility index (Phi) is 2.17. The normalized spacial score (nSPS) is 23.5. The number of hydrogen-bond acceptors (Lipinski definition) is 4. The molecular formula is C11H15N5O. The Morgan fingerprint density at radius 1 is 1.35 bits per heavy atom. The van der Waals surface area contributed by atoms with Crippen molar-refractivity contribution < 1.29 is 4.79 Å². The highest BCUT2D eigenvalue weighted by Gasteiger charge is 2.33. The van der Waals surface area contributed by atoms with E-state index in [1.165, 1.54) is 0 Å². The summed E-state index contributed by atoms with van der Waals surface area (Å²) in [7, 11) is 0. The topological polar surface area (TPSA) is 82.2 Å². The second-order valence-electron chi connectivity index (χ2n) is 4.64. The van der Waals surface area contributed by atoms with Gasteiger partial charge in [0.25, 0.3) is 5.91 Å². The monoisotopic (exact) mass is 233 g/mol. The lowest BCUT2D eigenvalue weighted by Crippen LogP contribution is -2.37. The second kappa shape index (κ2) is 3.58. The van der Waals surface area contributed by atoms with E-state index >= 15 is 0 Å². The van der Waals surface area contributed by atoms with Crippen LogP contribution in [0.15, 0.2) is 4.99 Å². The smallest absolute Gasteiger partial charge is 0.256 e. The molecule has 6 heteroatoms. The first-order chi connectivity index (χ1) is 8.15. The molecule has 1 amide bonds. The highest BCUT2D eigenvalue weighted by molar-refractivity contribution is 6.05. The van der Waals surface area contributed by atoms with Gasteiger partial charge in [0.15, 0.2) is 12.0 Å². The lowest BCUT2D eigenvalue weighted by atomic mass is 10.1. The van der Waals surface area contributed by atoms with Gasteiger partial charge in [-0.1, -0.05) is 0 Å². The number of aliphatic imine (C=N–C) groups is 1. The molecule has 0 spiro atoms. The first-order valence-electron chi connectivity index (χ1n) is 5.82. The van der Waals surface area contributed by atoms with Crippen molar-refractivity contribution >= 4 is 11.9 Å². The van der Waals surface area contributed by atoms with Gasteiger partial charge in [0.2, 0.25) is 0 Å². The van der Waals surface area contributed by atoms with E-state index in [1.54, 1.807) is 0 Å². The zero-order chi connectivity index (χ0) is 12.0. The summed E-state index contributed by atoms with van der Waals surface area (Å²) in [6.45, 7) is 3.79. The fourth-order valence-corrected chi connectivity index (χ4v) is 2.06. The number of aryl methyl sites for hydroxylation is 2. The molecule has 17 heavy (non-hydrogen) atoms. The maximum atomic E-state index is 11.9. The van der Waals surface area contributed by atoms with Gasteiger partial charge >= 0.3 is 0 Å². The quantitative estimate of drug-likeness (QED) is 0.687. The third kappa shape index (κ3) is 1.79. The van der Waals surface area contributed by atoms with E-state index in [9.17, 15) is 4.79 Å². The molecule has 1 aromatic heterocycles. The van der Waals surface area contributed by atoms with Gasteiger partial charge in [0, 0.05) is 17.3 Å². The van der Waals surface area contributed by atoms with E-state index in [0.29, 0.717) is 12.0 Å². The van der Waals surface area contributed by atoms with Gasteiger partial charge in [-0.2, -0.15) is 5.10 Å². The SMILES string of the molecule is Cc1n[nH]c(C)c1C1N=C(NC2CC2)NC1=O. The number of carbonyl (C=O) groups is 1. The summed E-state index contributed by atoms with van der Waals surface area (Å²) in [4.78, 5) is 16.3. The summed E-state index contributed by atoms with van der Waals surface area (Å²) in [6.07, 6.45) is 2.31. The number of nitrogens with one attached hydrogen (secondary N) is 3. The van der Waals surface area contributed by atoms with Crippen LogP contribution in [0.4, 0.5) is 0 Å². The molecule has 6 nitrogen and oxygen atoms in total. The first-order valence-corrected chi connectivity index (χ1v) is 5.82. The fraction of sp³-hybridized carbons (Fsp3) is 0.545. The Bertz CT molecular complexity index is 480. The van der Waals surface area contributed by atoms with Crippen molar-refractivity contribution in [2.45, 2.75) is 38.8 Å². The summed E-state index contributed by atoms with van der Waals surface area (Å²) in [5.74, 6) is 0.517. The zero-order valence-electron chi connectivity index (χ0n) is 9.87. The third-order valence-electron chi connectivity index (χ3n) is 3.12. The van der Waals surface area contributed by atoms with Crippen molar-refractivity contribution in [1.82, 2.24) is 20.8 Å². The predicted molar refractivity (Wildman–Crippen MR) is 62.5 cm³/mol.